The first-order valence-electron chi connectivity index (χ1n) is 20.8. The molecule has 0 saturated heterocycles. The molecule has 3 aliphatic carbocycles. The van der Waals surface area contributed by atoms with Gasteiger partial charge in [-0.1, -0.05) is 156 Å². The standard InChI is InChI=1S/C24H48O2.C18H32O2/c1-4-7-10-13-14-17-20-24(25)26-22-21-23(18-15-11-8-5-2)19-16-12-9-6-3;1-2-3-4-5-6-7-8-17(19)20-15-18-12-9-16(10-13-18)11-14-18/h23H,4-22H2,1-3H3;16H,2-15H2,1H3. The summed E-state index contributed by atoms with van der Waals surface area (Å²) in [6, 6.07) is 0. The van der Waals surface area contributed by atoms with Crippen LogP contribution in [0.3, 0.4) is 0 Å². The lowest BCUT2D eigenvalue weighted by molar-refractivity contribution is -0.150. The van der Waals surface area contributed by atoms with E-state index in [2.05, 4.69) is 27.7 Å². The van der Waals surface area contributed by atoms with Crippen molar-refractivity contribution < 1.29 is 19.1 Å². The zero-order chi connectivity index (χ0) is 33.6. The zero-order valence-corrected chi connectivity index (χ0v) is 31.6. The summed E-state index contributed by atoms with van der Waals surface area (Å²) in [5, 5.41) is 0. The van der Waals surface area contributed by atoms with Crippen molar-refractivity contribution in [3.05, 3.63) is 0 Å². The highest BCUT2D eigenvalue weighted by molar-refractivity contribution is 5.69. The number of hydrogen-bond donors (Lipinski definition) is 0. The lowest BCUT2D eigenvalue weighted by Gasteiger charge is -2.46. The average molecular weight is 649 g/mol. The fourth-order valence-electron chi connectivity index (χ4n) is 7.52. The van der Waals surface area contributed by atoms with E-state index in [0.29, 0.717) is 31.5 Å². The lowest BCUT2D eigenvalue weighted by atomic mass is 9.61. The summed E-state index contributed by atoms with van der Waals surface area (Å²) in [7, 11) is 0. The molecule has 0 heterocycles. The first kappa shape index (κ1) is 43.0. The van der Waals surface area contributed by atoms with Gasteiger partial charge in [-0.2, -0.15) is 0 Å². The molecule has 2 bridgehead atoms. The first-order chi connectivity index (χ1) is 22.5. The maximum atomic E-state index is 11.9. The lowest BCUT2D eigenvalue weighted by Crippen LogP contribution is -2.38. The summed E-state index contributed by atoms with van der Waals surface area (Å²) in [6.07, 6.45) is 38.4. The molecule has 46 heavy (non-hydrogen) atoms. The molecule has 0 unspecified atom stereocenters. The minimum Gasteiger partial charge on any atom is -0.466 e. The van der Waals surface area contributed by atoms with Crippen molar-refractivity contribution in [2.45, 2.75) is 227 Å². The fraction of sp³-hybridized carbons (Fsp3) is 0.952. The van der Waals surface area contributed by atoms with E-state index in [1.807, 2.05) is 0 Å². The van der Waals surface area contributed by atoms with Crippen LogP contribution < -0.4 is 0 Å². The summed E-state index contributed by atoms with van der Waals surface area (Å²) in [6.45, 7) is 10.3. The summed E-state index contributed by atoms with van der Waals surface area (Å²) < 4.78 is 11.1. The van der Waals surface area contributed by atoms with Crippen LogP contribution in [-0.2, 0) is 19.1 Å². The highest BCUT2D eigenvalue weighted by Gasteiger charge is 2.41. The maximum Gasteiger partial charge on any atom is 0.305 e. The molecule has 0 aromatic rings. The Hall–Kier alpha value is -1.06. The highest BCUT2D eigenvalue weighted by Crippen LogP contribution is 2.50. The molecule has 0 aliphatic heterocycles. The van der Waals surface area contributed by atoms with Gasteiger partial charge in [-0.3, -0.25) is 9.59 Å². The van der Waals surface area contributed by atoms with E-state index in [4.69, 9.17) is 9.47 Å². The summed E-state index contributed by atoms with van der Waals surface area (Å²) in [5.74, 6) is 1.81. The predicted octanol–water partition coefficient (Wildman–Crippen LogP) is 13.5. The number of fused-ring (bicyclic) bond motifs is 3. The summed E-state index contributed by atoms with van der Waals surface area (Å²) in [5.41, 5.74) is 0.367. The topological polar surface area (TPSA) is 52.6 Å². The zero-order valence-electron chi connectivity index (χ0n) is 31.6. The molecule has 272 valence electrons. The van der Waals surface area contributed by atoms with E-state index < -0.39 is 0 Å². The number of esters is 2. The molecule has 0 aromatic carbocycles. The molecule has 3 saturated carbocycles. The van der Waals surface area contributed by atoms with Crippen molar-refractivity contribution in [1.29, 1.82) is 0 Å². The van der Waals surface area contributed by atoms with Gasteiger partial charge in [-0.25, -0.2) is 0 Å². The molecular weight excluding hydrogens is 568 g/mol. The third-order valence-corrected chi connectivity index (χ3v) is 11.0. The van der Waals surface area contributed by atoms with Crippen molar-refractivity contribution in [2.24, 2.45) is 17.3 Å². The highest BCUT2D eigenvalue weighted by atomic mass is 16.5. The van der Waals surface area contributed by atoms with Gasteiger partial charge in [-0.15, -0.1) is 0 Å². The second-order valence-electron chi connectivity index (χ2n) is 15.3. The van der Waals surface area contributed by atoms with Gasteiger partial charge < -0.3 is 9.47 Å². The number of ether oxygens (including phenoxy) is 2. The first-order valence-corrected chi connectivity index (χ1v) is 20.8. The molecule has 0 aromatic heterocycles. The Labute approximate surface area is 287 Å². The van der Waals surface area contributed by atoms with E-state index in [1.54, 1.807) is 0 Å². The fourth-order valence-corrected chi connectivity index (χ4v) is 7.52. The summed E-state index contributed by atoms with van der Waals surface area (Å²) >= 11 is 0. The Morgan fingerprint density at radius 3 is 1.37 bits per heavy atom. The van der Waals surface area contributed by atoms with Crippen LogP contribution in [0.5, 0.6) is 0 Å². The van der Waals surface area contributed by atoms with Gasteiger partial charge in [0.05, 0.1) is 13.2 Å². The molecule has 0 amide bonds. The minimum atomic E-state index is 0.0243. The van der Waals surface area contributed by atoms with E-state index >= 15 is 0 Å². The molecule has 4 heteroatoms. The molecular formula is C42H80O4. The smallest absolute Gasteiger partial charge is 0.305 e. The van der Waals surface area contributed by atoms with Crippen molar-refractivity contribution >= 4 is 11.9 Å². The maximum absolute atomic E-state index is 11.9. The van der Waals surface area contributed by atoms with E-state index in [1.165, 1.54) is 167 Å². The van der Waals surface area contributed by atoms with E-state index in [9.17, 15) is 9.59 Å². The molecule has 3 rings (SSSR count). The van der Waals surface area contributed by atoms with Crippen molar-refractivity contribution in [3.8, 4) is 0 Å². The van der Waals surface area contributed by atoms with Crippen LogP contribution in [0.15, 0.2) is 0 Å². The van der Waals surface area contributed by atoms with Crippen LogP contribution in [0.1, 0.15) is 227 Å². The summed E-state index contributed by atoms with van der Waals surface area (Å²) in [4.78, 5) is 23.7. The third kappa shape index (κ3) is 23.3. The number of hydrogen-bond acceptors (Lipinski definition) is 4. The van der Waals surface area contributed by atoms with Gasteiger partial charge in [0.2, 0.25) is 0 Å². The number of carbonyl (C=O) groups is 2. The molecule has 0 atom stereocenters. The SMILES string of the molecule is CCCCCCCCC(=O)OCC12CCC(CC1)CC2.CCCCCCCCC(=O)OCCC(CCCCCC)CCCCCC. The van der Waals surface area contributed by atoms with Crippen LogP contribution >= 0.6 is 0 Å². The van der Waals surface area contributed by atoms with Crippen molar-refractivity contribution in [2.75, 3.05) is 13.2 Å². The van der Waals surface area contributed by atoms with E-state index in [-0.39, 0.29) is 11.9 Å². The Kier molecular flexibility index (Phi) is 28.0. The molecule has 3 aliphatic rings. The second kappa shape index (κ2) is 30.0. The average Bonchev–Trinajstić information content (AvgIpc) is 3.08. The number of rotatable bonds is 29. The normalized spacial score (nSPS) is 18.8. The predicted molar refractivity (Wildman–Crippen MR) is 197 cm³/mol. The largest absolute Gasteiger partial charge is 0.466 e. The van der Waals surface area contributed by atoms with Crippen LogP contribution in [0, 0.1) is 17.3 Å². The third-order valence-electron chi connectivity index (χ3n) is 11.0. The van der Waals surface area contributed by atoms with Crippen LogP contribution in [0.25, 0.3) is 0 Å². The van der Waals surface area contributed by atoms with Crippen LogP contribution in [0.4, 0.5) is 0 Å². The quantitative estimate of drug-likeness (QED) is 0.0598. The molecule has 0 N–H and O–H groups in total. The minimum absolute atomic E-state index is 0.0243. The second-order valence-corrected chi connectivity index (χ2v) is 15.3. The van der Waals surface area contributed by atoms with Crippen LogP contribution in [-0.4, -0.2) is 25.2 Å². The Balaban J connectivity index is 0.000000473. The van der Waals surface area contributed by atoms with Gasteiger partial charge in [0.1, 0.15) is 0 Å². The van der Waals surface area contributed by atoms with Crippen LogP contribution in [0.2, 0.25) is 0 Å². The van der Waals surface area contributed by atoms with Gasteiger partial charge in [0.15, 0.2) is 0 Å². The molecule has 0 spiro atoms. The van der Waals surface area contributed by atoms with Gasteiger partial charge in [0.25, 0.3) is 0 Å². The Bertz CT molecular complexity index is 670. The Morgan fingerprint density at radius 2 is 0.913 bits per heavy atom. The number of carbonyl (C=O) groups excluding carboxylic acids is 2. The van der Waals surface area contributed by atoms with Gasteiger partial charge in [-0.05, 0) is 69.6 Å². The van der Waals surface area contributed by atoms with E-state index in [0.717, 1.165) is 31.1 Å². The molecule has 3 fully saturated rings. The number of unbranched alkanes of at least 4 members (excludes halogenated alkanes) is 16. The van der Waals surface area contributed by atoms with Gasteiger partial charge >= 0.3 is 11.9 Å². The van der Waals surface area contributed by atoms with Crippen molar-refractivity contribution in [1.82, 2.24) is 0 Å². The van der Waals surface area contributed by atoms with Crippen molar-refractivity contribution in [3.63, 3.8) is 0 Å². The molecule has 0 radical (unpaired) electrons. The van der Waals surface area contributed by atoms with Gasteiger partial charge in [0, 0.05) is 18.3 Å². The monoisotopic (exact) mass is 649 g/mol. The Morgan fingerprint density at radius 1 is 0.522 bits per heavy atom. The molecule has 4 nitrogen and oxygen atoms in total.